The van der Waals surface area contributed by atoms with E-state index in [2.05, 4.69) is 5.32 Å². The largest absolute Gasteiger partial charge is 0.480 e. The summed E-state index contributed by atoms with van der Waals surface area (Å²) in [6, 6.07) is -0.790. The topological polar surface area (TPSA) is 69.6 Å². The molecule has 0 aromatic heterocycles. The zero-order valence-electron chi connectivity index (χ0n) is 9.48. The molecule has 2 aliphatic heterocycles. The third-order valence-corrected chi connectivity index (χ3v) is 3.59. The fourth-order valence-electron chi connectivity index (χ4n) is 2.67. The quantitative estimate of drug-likeness (QED) is 0.698. The Balaban J connectivity index is 2.07. The molecule has 3 unspecified atom stereocenters. The Bertz CT molecular complexity index is 300. The fourth-order valence-corrected chi connectivity index (χ4v) is 2.67. The maximum atomic E-state index is 12.1. The molecule has 0 aromatic carbocycles. The molecule has 2 rings (SSSR count). The van der Waals surface area contributed by atoms with Crippen molar-refractivity contribution in [1.29, 1.82) is 0 Å². The summed E-state index contributed by atoms with van der Waals surface area (Å²) < 4.78 is 0. The zero-order valence-corrected chi connectivity index (χ0v) is 9.48. The van der Waals surface area contributed by atoms with Crippen LogP contribution in [0.3, 0.4) is 0 Å². The van der Waals surface area contributed by atoms with Crippen molar-refractivity contribution in [2.75, 3.05) is 13.1 Å². The van der Waals surface area contributed by atoms with E-state index in [-0.39, 0.29) is 17.9 Å². The highest BCUT2D eigenvalue weighted by atomic mass is 16.4. The van der Waals surface area contributed by atoms with Gasteiger partial charge in [-0.2, -0.15) is 0 Å². The number of hydrogen-bond acceptors (Lipinski definition) is 3. The average Bonchev–Trinajstić information content (AvgIpc) is 2.84. The third-order valence-electron chi connectivity index (χ3n) is 3.59. The van der Waals surface area contributed by atoms with Gasteiger partial charge in [-0.25, -0.2) is 4.79 Å². The molecule has 0 saturated carbocycles. The lowest BCUT2D eigenvalue weighted by molar-refractivity contribution is -0.150. The van der Waals surface area contributed by atoms with Crippen LogP contribution in [0.2, 0.25) is 0 Å². The molecule has 90 valence electrons. The van der Waals surface area contributed by atoms with E-state index in [0.29, 0.717) is 6.54 Å². The minimum absolute atomic E-state index is 0.0331. The fraction of sp³-hybridized carbons (Fsp3) is 0.818. The van der Waals surface area contributed by atoms with Gasteiger partial charge < -0.3 is 15.3 Å². The number of nitrogens with one attached hydrogen (secondary N) is 1. The second-order valence-corrected chi connectivity index (χ2v) is 4.73. The maximum absolute atomic E-state index is 12.1. The lowest BCUT2D eigenvalue weighted by Gasteiger charge is -2.26. The summed E-state index contributed by atoms with van der Waals surface area (Å²) >= 11 is 0. The molecule has 2 heterocycles. The van der Waals surface area contributed by atoms with Crippen molar-refractivity contribution in [2.45, 2.75) is 38.3 Å². The number of carboxylic acids is 1. The van der Waals surface area contributed by atoms with Gasteiger partial charge in [0.05, 0.1) is 6.04 Å². The zero-order chi connectivity index (χ0) is 11.7. The van der Waals surface area contributed by atoms with Crippen LogP contribution < -0.4 is 5.32 Å². The van der Waals surface area contributed by atoms with E-state index in [4.69, 9.17) is 5.11 Å². The minimum atomic E-state index is -0.878. The first kappa shape index (κ1) is 11.4. The molecule has 2 fully saturated rings. The van der Waals surface area contributed by atoms with Crippen LogP contribution in [0.5, 0.6) is 0 Å². The van der Waals surface area contributed by atoms with Crippen molar-refractivity contribution in [2.24, 2.45) is 5.92 Å². The standard InChI is InChI=1S/C11H18N2O3/c1-7-4-6-13(9(7)11(15)16)10(14)8-3-2-5-12-8/h7-9,12H,2-6H2,1H3,(H,15,16). The van der Waals surface area contributed by atoms with Gasteiger partial charge in [0.25, 0.3) is 0 Å². The monoisotopic (exact) mass is 226 g/mol. The molecule has 1 amide bonds. The molecule has 0 bridgehead atoms. The summed E-state index contributed by atoms with van der Waals surface area (Å²) in [5.74, 6) is -0.853. The van der Waals surface area contributed by atoms with Crippen LogP contribution >= 0.6 is 0 Å². The number of carbonyl (C=O) groups excluding carboxylic acids is 1. The van der Waals surface area contributed by atoms with Gasteiger partial charge in [0.15, 0.2) is 0 Å². The molecule has 16 heavy (non-hydrogen) atoms. The predicted octanol–water partition coefficient (Wildman–Crippen LogP) is 0.0600. The van der Waals surface area contributed by atoms with Crippen LogP contribution in [-0.4, -0.2) is 47.1 Å². The van der Waals surface area contributed by atoms with Gasteiger partial charge in [-0.1, -0.05) is 6.92 Å². The summed E-state index contributed by atoms with van der Waals surface area (Å²) in [5, 5.41) is 12.3. The first-order valence-electron chi connectivity index (χ1n) is 5.88. The van der Waals surface area contributed by atoms with E-state index < -0.39 is 12.0 Å². The van der Waals surface area contributed by atoms with Gasteiger partial charge in [0.2, 0.25) is 5.91 Å². The van der Waals surface area contributed by atoms with Gasteiger partial charge in [-0.3, -0.25) is 4.79 Å². The molecule has 5 nitrogen and oxygen atoms in total. The summed E-state index contributed by atoms with van der Waals surface area (Å²) in [6.07, 6.45) is 2.61. The van der Waals surface area contributed by atoms with Crippen molar-refractivity contribution >= 4 is 11.9 Å². The van der Waals surface area contributed by atoms with Crippen molar-refractivity contribution in [3.8, 4) is 0 Å². The van der Waals surface area contributed by atoms with Crippen molar-refractivity contribution in [3.05, 3.63) is 0 Å². The Morgan fingerprint density at radius 1 is 1.38 bits per heavy atom. The molecule has 0 aromatic rings. The smallest absolute Gasteiger partial charge is 0.326 e. The number of carboxylic acid groups (broad SMARTS) is 1. The Morgan fingerprint density at radius 2 is 2.12 bits per heavy atom. The number of amides is 1. The van der Waals surface area contributed by atoms with Gasteiger partial charge in [0, 0.05) is 6.54 Å². The highest BCUT2D eigenvalue weighted by Gasteiger charge is 2.41. The van der Waals surface area contributed by atoms with Gasteiger partial charge in [-0.15, -0.1) is 0 Å². The number of aliphatic carboxylic acids is 1. The second kappa shape index (κ2) is 4.41. The number of hydrogen-bond donors (Lipinski definition) is 2. The summed E-state index contributed by atoms with van der Waals surface area (Å²) in [6.45, 7) is 3.33. The Hall–Kier alpha value is -1.10. The third kappa shape index (κ3) is 1.91. The highest BCUT2D eigenvalue weighted by Crippen LogP contribution is 2.25. The number of likely N-dealkylation sites (tertiary alicyclic amines) is 1. The average molecular weight is 226 g/mol. The van der Waals surface area contributed by atoms with Crippen LogP contribution in [0, 0.1) is 5.92 Å². The van der Waals surface area contributed by atoms with E-state index in [1.54, 1.807) is 0 Å². The van der Waals surface area contributed by atoms with E-state index in [1.807, 2.05) is 6.92 Å². The molecular weight excluding hydrogens is 208 g/mol. The van der Waals surface area contributed by atoms with E-state index in [9.17, 15) is 9.59 Å². The lowest BCUT2D eigenvalue weighted by Crippen LogP contribution is -2.49. The Morgan fingerprint density at radius 3 is 2.69 bits per heavy atom. The Labute approximate surface area is 94.8 Å². The summed E-state index contributed by atoms with van der Waals surface area (Å²) in [4.78, 5) is 24.8. The molecule has 2 saturated heterocycles. The van der Waals surface area contributed by atoms with Gasteiger partial charge >= 0.3 is 5.97 Å². The number of rotatable bonds is 2. The second-order valence-electron chi connectivity index (χ2n) is 4.73. The first-order chi connectivity index (χ1) is 7.61. The van der Waals surface area contributed by atoms with E-state index >= 15 is 0 Å². The van der Waals surface area contributed by atoms with Gasteiger partial charge in [0.1, 0.15) is 6.04 Å². The van der Waals surface area contributed by atoms with Crippen molar-refractivity contribution in [1.82, 2.24) is 10.2 Å². The molecule has 0 radical (unpaired) electrons. The summed E-state index contributed by atoms with van der Waals surface area (Å²) in [5.41, 5.74) is 0. The minimum Gasteiger partial charge on any atom is -0.480 e. The summed E-state index contributed by atoms with van der Waals surface area (Å²) in [7, 11) is 0. The van der Waals surface area contributed by atoms with E-state index in [0.717, 1.165) is 25.8 Å². The first-order valence-corrected chi connectivity index (χ1v) is 5.88. The van der Waals surface area contributed by atoms with Crippen LogP contribution in [-0.2, 0) is 9.59 Å². The van der Waals surface area contributed by atoms with Gasteiger partial charge in [-0.05, 0) is 31.7 Å². The van der Waals surface area contributed by atoms with E-state index in [1.165, 1.54) is 4.90 Å². The molecule has 2 N–H and O–H groups in total. The molecule has 0 aliphatic carbocycles. The maximum Gasteiger partial charge on any atom is 0.326 e. The lowest BCUT2D eigenvalue weighted by atomic mass is 10.0. The van der Waals surface area contributed by atoms with Crippen molar-refractivity contribution < 1.29 is 14.7 Å². The van der Waals surface area contributed by atoms with Crippen LogP contribution in [0.15, 0.2) is 0 Å². The molecule has 3 atom stereocenters. The van der Waals surface area contributed by atoms with Crippen LogP contribution in [0.4, 0.5) is 0 Å². The molecular formula is C11H18N2O3. The van der Waals surface area contributed by atoms with Crippen LogP contribution in [0.25, 0.3) is 0 Å². The van der Waals surface area contributed by atoms with Crippen molar-refractivity contribution in [3.63, 3.8) is 0 Å². The SMILES string of the molecule is CC1CCN(C(=O)C2CCCN2)C1C(=O)O. The molecule has 0 spiro atoms. The highest BCUT2D eigenvalue weighted by molar-refractivity contribution is 5.88. The van der Waals surface area contributed by atoms with Crippen LogP contribution in [0.1, 0.15) is 26.2 Å². The number of nitrogens with zero attached hydrogens (tertiary/aromatic N) is 1. The normalized spacial score (nSPS) is 34.3. The number of carbonyl (C=O) groups is 2. The Kier molecular flexibility index (Phi) is 3.14. The predicted molar refractivity (Wildman–Crippen MR) is 57.9 cm³/mol. The molecule has 2 aliphatic rings. The molecule has 5 heteroatoms.